The van der Waals surface area contributed by atoms with E-state index in [4.69, 9.17) is 4.42 Å². The Labute approximate surface area is 101 Å². The van der Waals surface area contributed by atoms with Crippen molar-refractivity contribution in [3.05, 3.63) is 22.6 Å². The summed E-state index contributed by atoms with van der Waals surface area (Å²) in [7, 11) is 0. The van der Waals surface area contributed by atoms with Crippen molar-refractivity contribution in [2.75, 3.05) is 13.1 Å². The molecule has 0 bridgehead atoms. The Kier molecular flexibility index (Phi) is 3.24. The van der Waals surface area contributed by atoms with Gasteiger partial charge in [0.2, 0.25) is 0 Å². The number of rotatable bonds is 1. The number of furan rings is 1. The van der Waals surface area contributed by atoms with Crippen molar-refractivity contribution in [2.45, 2.75) is 39.7 Å². The van der Waals surface area contributed by atoms with Crippen molar-refractivity contribution >= 4 is 5.91 Å². The molecule has 1 N–H and O–H groups in total. The molecule has 1 atom stereocenters. The summed E-state index contributed by atoms with van der Waals surface area (Å²) in [5.74, 6) is 1.45. The normalized spacial score (nSPS) is 20.7. The van der Waals surface area contributed by atoms with Gasteiger partial charge in [-0.1, -0.05) is 0 Å². The molecule has 2 heterocycles. The molecule has 1 aromatic rings. The molecule has 1 aromatic heterocycles. The van der Waals surface area contributed by atoms with Crippen molar-refractivity contribution in [1.29, 1.82) is 0 Å². The van der Waals surface area contributed by atoms with Crippen LogP contribution in [0.5, 0.6) is 0 Å². The standard InChI is InChI=1S/C13H19NO3/c1-8-9(2)17-10(3)12(8)13(16)14-6-4-5-11(15)7-14/h11,15H,4-7H2,1-3H3. The Bertz CT molecular complexity index is 436. The van der Waals surface area contributed by atoms with Crippen LogP contribution in [0.2, 0.25) is 0 Å². The van der Waals surface area contributed by atoms with Crippen molar-refractivity contribution in [3.63, 3.8) is 0 Å². The maximum Gasteiger partial charge on any atom is 0.257 e. The summed E-state index contributed by atoms with van der Waals surface area (Å²) in [5, 5.41) is 9.60. The summed E-state index contributed by atoms with van der Waals surface area (Å²) in [4.78, 5) is 14.1. The smallest absolute Gasteiger partial charge is 0.257 e. The SMILES string of the molecule is Cc1oc(C)c(C(=O)N2CCCC(O)C2)c1C. The zero-order valence-electron chi connectivity index (χ0n) is 10.6. The van der Waals surface area contributed by atoms with E-state index in [2.05, 4.69) is 0 Å². The maximum atomic E-state index is 12.4. The lowest BCUT2D eigenvalue weighted by Crippen LogP contribution is -2.42. The van der Waals surface area contributed by atoms with Gasteiger partial charge in [-0.25, -0.2) is 0 Å². The molecule has 17 heavy (non-hydrogen) atoms. The van der Waals surface area contributed by atoms with Crippen LogP contribution in [0.3, 0.4) is 0 Å². The van der Waals surface area contributed by atoms with Gasteiger partial charge in [0.05, 0.1) is 11.7 Å². The number of carbonyl (C=O) groups excluding carboxylic acids is 1. The van der Waals surface area contributed by atoms with Crippen LogP contribution in [0, 0.1) is 20.8 Å². The van der Waals surface area contributed by atoms with E-state index in [0.29, 0.717) is 17.9 Å². The Balaban J connectivity index is 2.24. The fourth-order valence-corrected chi connectivity index (χ4v) is 2.41. The van der Waals surface area contributed by atoms with E-state index in [1.165, 1.54) is 0 Å². The molecular weight excluding hydrogens is 218 g/mol. The zero-order chi connectivity index (χ0) is 12.6. The first-order valence-corrected chi connectivity index (χ1v) is 6.04. The number of aryl methyl sites for hydroxylation is 2. The van der Waals surface area contributed by atoms with Crippen LogP contribution >= 0.6 is 0 Å². The van der Waals surface area contributed by atoms with Crippen LogP contribution in [-0.2, 0) is 0 Å². The van der Waals surface area contributed by atoms with Crippen molar-refractivity contribution < 1.29 is 14.3 Å². The molecule has 1 fully saturated rings. The van der Waals surface area contributed by atoms with Crippen molar-refractivity contribution in [2.24, 2.45) is 0 Å². The predicted octanol–water partition coefficient (Wildman–Crippen LogP) is 1.80. The Morgan fingerprint density at radius 3 is 2.59 bits per heavy atom. The van der Waals surface area contributed by atoms with Crippen molar-refractivity contribution in [1.82, 2.24) is 4.90 Å². The number of aliphatic hydroxyl groups is 1. The Hall–Kier alpha value is -1.29. The maximum absolute atomic E-state index is 12.4. The van der Waals surface area contributed by atoms with E-state index in [-0.39, 0.29) is 12.0 Å². The minimum Gasteiger partial charge on any atom is -0.466 e. The molecule has 1 aliphatic rings. The number of nitrogens with zero attached hydrogens (tertiary/aromatic N) is 1. The Morgan fingerprint density at radius 1 is 1.35 bits per heavy atom. The molecule has 0 aromatic carbocycles. The zero-order valence-corrected chi connectivity index (χ0v) is 10.6. The Morgan fingerprint density at radius 2 is 2.06 bits per heavy atom. The third kappa shape index (κ3) is 2.22. The number of carbonyl (C=O) groups is 1. The highest BCUT2D eigenvalue weighted by Crippen LogP contribution is 2.23. The number of hydrogen-bond donors (Lipinski definition) is 1. The van der Waals surface area contributed by atoms with Crippen LogP contribution in [0.25, 0.3) is 0 Å². The fraction of sp³-hybridized carbons (Fsp3) is 0.615. The van der Waals surface area contributed by atoms with E-state index in [1.807, 2.05) is 20.8 Å². The van der Waals surface area contributed by atoms with Crippen LogP contribution < -0.4 is 0 Å². The average Bonchev–Trinajstić information content (AvgIpc) is 2.52. The first kappa shape index (κ1) is 12.2. The topological polar surface area (TPSA) is 53.7 Å². The van der Waals surface area contributed by atoms with Gasteiger partial charge in [-0.3, -0.25) is 4.79 Å². The summed E-state index contributed by atoms with van der Waals surface area (Å²) in [5.41, 5.74) is 1.57. The third-order valence-corrected chi connectivity index (χ3v) is 3.46. The van der Waals surface area contributed by atoms with Gasteiger partial charge in [-0.15, -0.1) is 0 Å². The van der Waals surface area contributed by atoms with E-state index >= 15 is 0 Å². The number of piperidine rings is 1. The number of β-amino-alcohol motifs (C(OH)–C–C–N with tert-alkyl or cyclic N) is 1. The molecule has 0 saturated carbocycles. The van der Waals surface area contributed by atoms with Gasteiger partial charge in [-0.05, 0) is 33.6 Å². The van der Waals surface area contributed by atoms with Crippen LogP contribution in [0.4, 0.5) is 0 Å². The lowest BCUT2D eigenvalue weighted by atomic mass is 10.0. The quantitative estimate of drug-likeness (QED) is 0.810. The first-order valence-electron chi connectivity index (χ1n) is 6.04. The highest BCUT2D eigenvalue weighted by atomic mass is 16.3. The number of likely N-dealkylation sites (tertiary alicyclic amines) is 1. The van der Waals surface area contributed by atoms with E-state index in [1.54, 1.807) is 4.90 Å². The molecule has 4 nitrogen and oxygen atoms in total. The molecule has 0 aliphatic carbocycles. The molecular formula is C13H19NO3. The van der Waals surface area contributed by atoms with E-state index in [0.717, 1.165) is 30.7 Å². The van der Waals surface area contributed by atoms with Gasteiger partial charge in [0, 0.05) is 18.7 Å². The second kappa shape index (κ2) is 4.53. The second-order valence-electron chi connectivity index (χ2n) is 4.76. The summed E-state index contributed by atoms with van der Waals surface area (Å²) in [6.45, 7) is 6.73. The monoisotopic (exact) mass is 237 g/mol. The molecule has 94 valence electrons. The van der Waals surface area contributed by atoms with Crippen LogP contribution in [0.1, 0.15) is 40.3 Å². The van der Waals surface area contributed by atoms with Gasteiger partial charge in [0.1, 0.15) is 11.5 Å². The molecule has 2 rings (SSSR count). The minimum atomic E-state index is -0.388. The van der Waals surface area contributed by atoms with Gasteiger partial charge in [0.25, 0.3) is 5.91 Å². The summed E-state index contributed by atoms with van der Waals surface area (Å²) in [6, 6.07) is 0. The van der Waals surface area contributed by atoms with Gasteiger partial charge < -0.3 is 14.4 Å². The van der Waals surface area contributed by atoms with Crippen LogP contribution in [-0.4, -0.2) is 35.1 Å². The molecule has 1 unspecified atom stereocenters. The number of hydrogen-bond acceptors (Lipinski definition) is 3. The molecule has 0 radical (unpaired) electrons. The fourth-order valence-electron chi connectivity index (χ4n) is 2.41. The summed E-state index contributed by atoms with van der Waals surface area (Å²) < 4.78 is 5.47. The highest BCUT2D eigenvalue weighted by Gasteiger charge is 2.27. The first-order chi connectivity index (χ1) is 8.00. The minimum absolute atomic E-state index is 0.0180. The van der Waals surface area contributed by atoms with Gasteiger partial charge in [0.15, 0.2) is 0 Å². The lowest BCUT2D eigenvalue weighted by Gasteiger charge is -2.30. The molecule has 0 spiro atoms. The molecule has 1 saturated heterocycles. The van der Waals surface area contributed by atoms with E-state index in [9.17, 15) is 9.90 Å². The largest absolute Gasteiger partial charge is 0.466 e. The molecule has 4 heteroatoms. The molecule has 1 amide bonds. The van der Waals surface area contributed by atoms with Gasteiger partial charge in [-0.2, -0.15) is 0 Å². The summed E-state index contributed by atoms with van der Waals surface area (Å²) >= 11 is 0. The highest BCUT2D eigenvalue weighted by molar-refractivity contribution is 5.97. The average molecular weight is 237 g/mol. The summed E-state index contributed by atoms with van der Waals surface area (Å²) in [6.07, 6.45) is 1.26. The van der Waals surface area contributed by atoms with Crippen LogP contribution in [0.15, 0.2) is 4.42 Å². The van der Waals surface area contributed by atoms with Gasteiger partial charge >= 0.3 is 0 Å². The van der Waals surface area contributed by atoms with Crippen molar-refractivity contribution in [3.8, 4) is 0 Å². The number of aliphatic hydroxyl groups excluding tert-OH is 1. The second-order valence-corrected chi connectivity index (χ2v) is 4.76. The van der Waals surface area contributed by atoms with E-state index < -0.39 is 0 Å². The lowest BCUT2D eigenvalue weighted by molar-refractivity contribution is 0.0471. The predicted molar refractivity (Wildman–Crippen MR) is 64.1 cm³/mol. The molecule has 1 aliphatic heterocycles. The third-order valence-electron chi connectivity index (χ3n) is 3.46. The number of amides is 1.